The minimum absolute atomic E-state index is 0.154. The molecule has 1 heterocycles. The first-order valence-electron chi connectivity index (χ1n) is 5.28. The van der Waals surface area contributed by atoms with Gasteiger partial charge in [-0.25, -0.2) is 0 Å². The van der Waals surface area contributed by atoms with Crippen LogP contribution in [-0.4, -0.2) is 5.88 Å². The van der Waals surface area contributed by atoms with E-state index in [1.54, 1.807) is 11.3 Å². The smallest absolute Gasteiger partial charge is 0.0487 e. The molecule has 0 fully saturated rings. The lowest BCUT2D eigenvalue weighted by Gasteiger charge is -2.23. The summed E-state index contributed by atoms with van der Waals surface area (Å²) in [6, 6.07) is 6.39. The first kappa shape index (κ1) is 12.4. The summed E-state index contributed by atoms with van der Waals surface area (Å²) in [6.07, 6.45) is 1.01. The van der Waals surface area contributed by atoms with Crippen LogP contribution in [0.1, 0.15) is 25.8 Å². The van der Waals surface area contributed by atoms with Gasteiger partial charge in [0.05, 0.1) is 0 Å². The number of rotatable bonds is 3. The van der Waals surface area contributed by atoms with Crippen molar-refractivity contribution in [3.63, 3.8) is 0 Å². The zero-order valence-electron chi connectivity index (χ0n) is 9.39. The average Bonchev–Trinajstić information content (AvgIpc) is 2.63. The van der Waals surface area contributed by atoms with Gasteiger partial charge in [-0.3, -0.25) is 0 Å². The minimum atomic E-state index is 0.154. The Kier molecular flexibility index (Phi) is 3.62. The van der Waals surface area contributed by atoms with Gasteiger partial charge in [0.25, 0.3) is 0 Å². The summed E-state index contributed by atoms with van der Waals surface area (Å²) in [5.41, 5.74) is 1.57. The van der Waals surface area contributed by atoms with Gasteiger partial charge < -0.3 is 0 Å². The van der Waals surface area contributed by atoms with Crippen LogP contribution >= 0.6 is 38.9 Å². The monoisotopic (exact) mass is 316 g/mol. The molecule has 0 amide bonds. The Morgan fingerprint density at radius 1 is 1.38 bits per heavy atom. The molecule has 0 nitrogen and oxygen atoms in total. The summed E-state index contributed by atoms with van der Waals surface area (Å²) in [5.74, 6) is 0.707. The Bertz CT molecular complexity index is 502. The molecular weight excluding hydrogens is 304 g/mol. The SMILES string of the molecule is CC(C)(CCCl)c1csc2c(Br)cccc12. The lowest BCUT2D eigenvalue weighted by Crippen LogP contribution is -2.16. The molecule has 0 aliphatic heterocycles. The van der Waals surface area contributed by atoms with Gasteiger partial charge in [-0.2, -0.15) is 0 Å². The van der Waals surface area contributed by atoms with Crippen LogP contribution in [-0.2, 0) is 5.41 Å². The van der Waals surface area contributed by atoms with Gasteiger partial charge in [0, 0.05) is 15.1 Å². The fourth-order valence-corrected chi connectivity index (χ4v) is 4.20. The van der Waals surface area contributed by atoms with Crippen LogP contribution in [0, 0.1) is 0 Å². The molecular formula is C13H14BrClS. The van der Waals surface area contributed by atoms with Crippen LogP contribution in [0.25, 0.3) is 10.1 Å². The third-order valence-electron chi connectivity index (χ3n) is 3.00. The molecule has 0 bridgehead atoms. The Morgan fingerprint density at radius 3 is 2.81 bits per heavy atom. The van der Waals surface area contributed by atoms with Crippen LogP contribution in [0.5, 0.6) is 0 Å². The second kappa shape index (κ2) is 4.67. The molecule has 2 aromatic rings. The van der Waals surface area contributed by atoms with Crippen molar-refractivity contribution in [3.05, 3.63) is 33.6 Å². The third kappa shape index (κ3) is 2.15. The second-order valence-electron chi connectivity index (χ2n) is 4.59. The molecule has 1 aromatic carbocycles. The molecule has 0 aliphatic carbocycles. The van der Waals surface area contributed by atoms with E-state index in [2.05, 4.69) is 53.4 Å². The summed E-state index contributed by atoms with van der Waals surface area (Å²) < 4.78 is 2.52. The highest BCUT2D eigenvalue weighted by Gasteiger charge is 2.23. The Hall–Kier alpha value is -0.0500. The molecule has 16 heavy (non-hydrogen) atoms. The van der Waals surface area contributed by atoms with E-state index in [1.165, 1.54) is 20.1 Å². The molecule has 0 saturated heterocycles. The van der Waals surface area contributed by atoms with Crippen molar-refractivity contribution in [3.8, 4) is 0 Å². The molecule has 0 saturated carbocycles. The fraction of sp³-hybridized carbons (Fsp3) is 0.385. The minimum Gasteiger partial charge on any atom is -0.142 e. The summed E-state index contributed by atoms with van der Waals surface area (Å²) in [6.45, 7) is 4.52. The van der Waals surface area contributed by atoms with Gasteiger partial charge in [0.1, 0.15) is 0 Å². The second-order valence-corrected chi connectivity index (χ2v) is 6.70. The number of thiophene rings is 1. The number of hydrogen-bond donors (Lipinski definition) is 0. The summed E-state index contributed by atoms with van der Waals surface area (Å²) in [7, 11) is 0. The molecule has 0 spiro atoms. The van der Waals surface area contributed by atoms with Crippen LogP contribution in [0.15, 0.2) is 28.1 Å². The van der Waals surface area contributed by atoms with Crippen LogP contribution in [0.4, 0.5) is 0 Å². The summed E-state index contributed by atoms with van der Waals surface area (Å²) >= 11 is 11.3. The van der Waals surface area contributed by atoms with Crippen LogP contribution in [0.2, 0.25) is 0 Å². The number of hydrogen-bond acceptors (Lipinski definition) is 1. The highest BCUT2D eigenvalue weighted by atomic mass is 79.9. The standard InChI is InChI=1S/C13H14BrClS/c1-13(2,6-7-15)10-8-16-12-9(10)4-3-5-11(12)14/h3-5,8H,6-7H2,1-2H3. The van der Waals surface area contributed by atoms with Crippen molar-refractivity contribution in [1.29, 1.82) is 0 Å². The number of alkyl halides is 1. The Balaban J connectivity index is 2.58. The van der Waals surface area contributed by atoms with Crippen molar-refractivity contribution in [2.45, 2.75) is 25.7 Å². The van der Waals surface area contributed by atoms with Crippen molar-refractivity contribution >= 4 is 49.0 Å². The van der Waals surface area contributed by atoms with Gasteiger partial charge in [-0.05, 0) is 50.2 Å². The first-order valence-corrected chi connectivity index (χ1v) is 7.49. The maximum Gasteiger partial charge on any atom is 0.0487 e. The molecule has 0 N–H and O–H groups in total. The van der Waals surface area contributed by atoms with Crippen molar-refractivity contribution in [2.75, 3.05) is 5.88 Å². The van der Waals surface area contributed by atoms with Crippen molar-refractivity contribution in [1.82, 2.24) is 0 Å². The molecule has 0 atom stereocenters. The molecule has 86 valence electrons. The maximum absolute atomic E-state index is 5.88. The lowest BCUT2D eigenvalue weighted by atomic mass is 9.82. The van der Waals surface area contributed by atoms with Gasteiger partial charge >= 0.3 is 0 Å². The summed E-state index contributed by atoms with van der Waals surface area (Å²) in [5, 5.41) is 3.62. The van der Waals surface area contributed by atoms with Crippen molar-refractivity contribution in [2.24, 2.45) is 0 Å². The lowest BCUT2D eigenvalue weighted by molar-refractivity contribution is 0.515. The molecule has 2 rings (SSSR count). The molecule has 0 aliphatic rings. The highest BCUT2D eigenvalue weighted by molar-refractivity contribution is 9.10. The van der Waals surface area contributed by atoms with Crippen LogP contribution < -0.4 is 0 Å². The largest absolute Gasteiger partial charge is 0.142 e. The average molecular weight is 318 g/mol. The van der Waals surface area contributed by atoms with Gasteiger partial charge in [-0.1, -0.05) is 26.0 Å². The van der Waals surface area contributed by atoms with Gasteiger partial charge in [0.2, 0.25) is 0 Å². The Labute approximate surface area is 114 Å². The van der Waals surface area contributed by atoms with Crippen LogP contribution in [0.3, 0.4) is 0 Å². The van der Waals surface area contributed by atoms with E-state index in [0.29, 0.717) is 5.88 Å². The molecule has 3 heteroatoms. The fourth-order valence-electron chi connectivity index (χ4n) is 1.92. The predicted octanol–water partition coefficient (Wildman–Crippen LogP) is 5.57. The third-order valence-corrected chi connectivity index (χ3v) is 5.14. The first-order chi connectivity index (χ1) is 7.56. The molecule has 0 unspecified atom stereocenters. The topological polar surface area (TPSA) is 0 Å². The van der Waals surface area contributed by atoms with Gasteiger partial charge in [0.15, 0.2) is 0 Å². The zero-order chi connectivity index (χ0) is 11.8. The normalized spacial score (nSPS) is 12.2. The maximum atomic E-state index is 5.88. The van der Waals surface area contributed by atoms with E-state index in [9.17, 15) is 0 Å². The quantitative estimate of drug-likeness (QED) is 0.649. The number of fused-ring (bicyclic) bond motifs is 1. The van der Waals surface area contributed by atoms with E-state index in [0.717, 1.165) is 6.42 Å². The van der Waals surface area contributed by atoms with Gasteiger partial charge in [-0.15, -0.1) is 22.9 Å². The summed E-state index contributed by atoms with van der Waals surface area (Å²) in [4.78, 5) is 0. The van der Waals surface area contributed by atoms with E-state index in [-0.39, 0.29) is 5.41 Å². The number of halogens is 2. The molecule has 1 aromatic heterocycles. The Morgan fingerprint density at radius 2 is 2.12 bits per heavy atom. The molecule has 0 radical (unpaired) electrons. The van der Waals surface area contributed by atoms with E-state index in [1.807, 2.05) is 0 Å². The number of benzene rings is 1. The van der Waals surface area contributed by atoms with E-state index < -0.39 is 0 Å². The predicted molar refractivity (Wildman–Crippen MR) is 77.9 cm³/mol. The zero-order valence-corrected chi connectivity index (χ0v) is 12.5. The van der Waals surface area contributed by atoms with E-state index in [4.69, 9.17) is 11.6 Å². The highest BCUT2D eigenvalue weighted by Crippen LogP contribution is 2.39. The van der Waals surface area contributed by atoms with Crippen molar-refractivity contribution < 1.29 is 0 Å². The van der Waals surface area contributed by atoms with E-state index >= 15 is 0 Å².